The predicted molar refractivity (Wildman–Crippen MR) is 97.7 cm³/mol. The van der Waals surface area contributed by atoms with E-state index in [1.54, 1.807) is 13.0 Å². The molecule has 1 aliphatic rings. The number of aromatic nitrogens is 2. The third-order valence-electron chi connectivity index (χ3n) is 4.91. The number of aromatic amines is 1. The zero-order valence-corrected chi connectivity index (χ0v) is 15.4. The summed E-state index contributed by atoms with van der Waals surface area (Å²) in [5.74, 6) is 0.146. The summed E-state index contributed by atoms with van der Waals surface area (Å²) >= 11 is 0. The van der Waals surface area contributed by atoms with Crippen LogP contribution in [0.2, 0.25) is 0 Å². The standard InChI is InChI=1S/C17H23FN4O2.ClH/c1-9-8-19-5-4-13(9)11(3)20-15-7-12(6-14(18)10(15)2)16-21-22-17(23)24-16;/h6-7,9,11,13,19-20H,4-5,8H2,1-3H3,(H,22,23);1H/t9-,11+,13+;/m1./s1. The van der Waals surface area contributed by atoms with Gasteiger partial charge in [-0.1, -0.05) is 6.92 Å². The van der Waals surface area contributed by atoms with Gasteiger partial charge in [-0.05, 0) is 57.3 Å². The highest BCUT2D eigenvalue weighted by molar-refractivity contribution is 5.85. The van der Waals surface area contributed by atoms with Crippen LogP contribution < -0.4 is 16.4 Å². The number of nitrogens with one attached hydrogen (secondary N) is 3. The van der Waals surface area contributed by atoms with Crippen LogP contribution >= 0.6 is 12.4 Å². The molecule has 138 valence electrons. The molecule has 3 atom stereocenters. The Bertz CT molecular complexity index is 776. The smallest absolute Gasteiger partial charge is 0.388 e. The van der Waals surface area contributed by atoms with E-state index in [1.807, 2.05) is 0 Å². The number of hydrogen-bond donors (Lipinski definition) is 3. The average molecular weight is 371 g/mol. The maximum atomic E-state index is 14.3. The molecule has 1 aromatic heterocycles. The summed E-state index contributed by atoms with van der Waals surface area (Å²) in [5, 5.41) is 12.8. The van der Waals surface area contributed by atoms with Crippen molar-refractivity contribution in [2.24, 2.45) is 11.8 Å². The number of H-pyrrole nitrogens is 1. The summed E-state index contributed by atoms with van der Waals surface area (Å²) in [6.45, 7) is 8.11. The van der Waals surface area contributed by atoms with Crippen molar-refractivity contribution < 1.29 is 8.81 Å². The number of benzene rings is 1. The van der Waals surface area contributed by atoms with Gasteiger partial charge in [0.15, 0.2) is 0 Å². The SMILES string of the molecule is Cc1c(F)cc(-c2n[nH]c(=O)o2)cc1N[C@@H](C)[C@H]1CCNC[C@H]1C.Cl. The van der Waals surface area contributed by atoms with E-state index in [9.17, 15) is 9.18 Å². The van der Waals surface area contributed by atoms with Gasteiger partial charge in [0.1, 0.15) is 5.82 Å². The first-order chi connectivity index (χ1) is 11.5. The summed E-state index contributed by atoms with van der Waals surface area (Å²) in [5.41, 5.74) is 1.68. The summed E-state index contributed by atoms with van der Waals surface area (Å²) in [7, 11) is 0. The van der Waals surface area contributed by atoms with E-state index in [1.165, 1.54) is 6.07 Å². The Morgan fingerprint density at radius 3 is 2.84 bits per heavy atom. The lowest BCUT2D eigenvalue weighted by Gasteiger charge is -2.35. The predicted octanol–water partition coefficient (Wildman–Crippen LogP) is 2.95. The number of hydrogen-bond acceptors (Lipinski definition) is 5. The van der Waals surface area contributed by atoms with Gasteiger partial charge in [0, 0.05) is 22.9 Å². The van der Waals surface area contributed by atoms with Crippen molar-refractivity contribution in [2.75, 3.05) is 18.4 Å². The Labute approximate surface area is 152 Å². The number of anilines is 1. The first-order valence-electron chi connectivity index (χ1n) is 8.29. The van der Waals surface area contributed by atoms with E-state index in [-0.39, 0.29) is 30.2 Å². The Hall–Kier alpha value is -1.86. The maximum Gasteiger partial charge on any atom is 0.434 e. The van der Waals surface area contributed by atoms with Gasteiger partial charge in [-0.3, -0.25) is 0 Å². The molecule has 1 saturated heterocycles. The Kier molecular flexibility index (Phi) is 6.24. The third kappa shape index (κ3) is 4.22. The fourth-order valence-electron chi connectivity index (χ4n) is 3.44. The molecule has 0 spiro atoms. The molecule has 0 amide bonds. The normalized spacial score (nSPS) is 21.4. The van der Waals surface area contributed by atoms with Crippen LogP contribution in [-0.2, 0) is 0 Å². The maximum absolute atomic E-state index is 14.3. The second kappa shape index (κ2) is 8.01. The molecule has 3 rings (SSSR count). The minimum Gasteiger partial charge on any atom is -0.388 e. The van der Waals surface area contributed by atoms with Crippen molar-refractivity contribution in [3.05, 3.63) is 34.1 Å². The van der Waals surface area contributed by atoms with E-state index in [0.717, 1.165) is 19.5 Å². The molecule has 3 N–H and O–H groups in total. The molecule has 0 saturated carbocycles. The monoisotopic (exact) mass is 370 g/mol. The Morgan fingerprint density at radius 1 is 1.44 bits per heavy atom. The molecule has 1 aromatic carbocycles. The van der Waals surface area contributed by atoms with Gasteiger partial charge in [-0.25, -0.2) is 14.3 Å². The first-order valence-corrected chi connectivity index (χ1v) is 8.29. The lowest BCUT2D eigenvalue weighted by molar-refractivity contribution is 0.250. The van der Waals surface area contributed by atoms with Crippen LogP contribution in [0.4, 0.5) is 10.1 Å². The van der Waals surface area contributed by atoms with Gasteiger partial charge in [0.05, 0.1) is 0 Å². The fourth-order valence-corrected chi connectivity index (χ4v) is 3.44. The van der Waals surface area contributed by atoms with Crippen molar-refractivity contribution in [1.29, 1.82) is 0 Å². The molecular weight excluding hydrogens is 347 g/mol. The summed E-state index contributed by atoms with van der Waals surface area (Å²) in [6, 6.07) is 3.32. The average Bonchev–Trinajstić information content (AvgIpc) is 2.98. The van der Waals surface area contributed by atoms with Crippen molar-refractivity contribution in [3.8, 4) is 11.5 Å². The van der Waals surface area contributed by atoms with Crippen LogP contribution in [0.25, 0.3) is 11.5 Å². The van der Waals surface area contributed by atoms with E-state index < -0.39 is 5.76 Å². The van der Waals surface area contributed by atoms with Crippen LogP contribution in [0, 0.1) is 24.6 Å². The zero-order chi connectivity index (χ0) is 17.3. The van der Waals surface area contributed by atoms with Gasteiger partial charge in [0.2, 0.25) is 5.89 Å². The molecule has 2 aromatic rings. The molecule has 2 heterocycles. The highest BCUT2D eigenvalue weighted by Crippen LogP contribution is 2.30. The molecule has 25 heavy (non-hydrogen) atoms. The Balaban J connectivity index is 0.00000225. The zero-order valence-electron chi connectivity index (χ0n) is 14.6. The number of nitrogens with zero attached hydrogens (tertiary/aromatic N) is 1. The molecule has 8 heteroatoms. The summed E-state index contributed by atoms with van der Waals surface area (Å²) in [6.07, 6.45) is 1.09. The molecule has 6 nitrogen and oxygen atoms in total. The molecule has 1 fully saturated rings. The molecule has 0 radical (unpaired) electrons. The van der Waals surface area contributed by atoms with Crippen molar-refractivity contribution in [3.63, 3.8) is 0 Å². The highest BCUT2D eigenvalue weighted by Gasteiger charge is 2.27. The first kappa shape index (κ1) is 19.5. The molecule has 0 aliphatic carbocycles. The van der Waals surface area contributed by atoms with Crippen LogP contribution in [0.1, 0.15) is 25.8 Å². The van der Waals surface area contributed by atoms with Gasteiger partial charge in [-0.15, -0.1) is 17.5 Å². The number of halogens is 2. The second-order valence-corrected chi connectivity index (χ2v) is 6.62. The highest BCUT2D eigenvalue weighted by atomic mass is 35.5. The van der Waals surface area contributed by atoms with E-state index in [4.69, 9.17) is 4.42 Å². The lowest BCUT2D eigenvalue weighted by Crippen LogP contribution is -2.42. The number of piperidine rings is 1. The molecule has 1 aliphatic heterocycles. The quantitative estimate of drug-likeness (QED) is 0.770. The van der Waals surface area contributed by atoms with Crippen molar-refractivity contribution in [2.45, 2.75) is 33.2 Å². The summed E-state index contributed by atoms with van der Waals surface area (Å²) in [4.78, 5) is 11.1. The lowest BCUT2D eigenvalue weighted by atomic mass is 9.82. The van der Waals surface area contributed by atoms with E-state index >= 15 is 0 Å². The van der Waals surface area contributed by atoms with Gasteiger partial charge in [-0.2, -0.15) is 0 Å². The topological polar surface area (TPSA) is 83.0 Å². The minimum atomic E-state index is -0.655. The van der Waals surface area contributed by atoms with Crippen LogP contribution in [0.3, 0.4) is 0 Å². The van der Waals surface area contributed by atoms with Gasteiger partial charge in [0.25, 0.3) is 0 Å². The van der Waals surface area contributed by atoms with Crippen molar-refractivity contribution >= 4 is 18.1 Å². The number of rotatable bonds is 4. The van der Waals surface area contributed by atoms with Crippen LogP contribution in [0.15, 0.2) is 21.3 Å². The molecule has 0 bridgehead atoms. The van der Waals surface area contributed by atoms with Crippen molar-refractivity contribution in [1.82, 2.24) is 15.5 Å². The van der Waals surface area contributed by atoms with Gasteiger partial charge < -0.3 is 15.1 Å². The van der Waals surface area contributed by atoms with Gasteiger partial charge >= 0.3 is 5.76 Å². The fraction of sp³-hybridized carbons (Fsp3) is 0.529. The minimum absolute atomic E-state index is 0. The second-order valence-electron chi connectivity index (χ2n) is 6.62. The third-order valence-corrected chi connectivity index (χ3v) is 4.91. The van der Waals surface area contributed by atoms with E-state index in [0.29, 0.717) is 28.7 Å². The largest absolute Gasteiger partial charge is 0.434 e. The van der Waals surface area contributed by atoms with E-state index in [2.05, 4.69) is 34.7 Å². The van der Waals surface area contributed by atoms with Crippen LogP contribution in [-0.4, -0.2) is 29.3 Å². The molecular formula is C17H24ClFN4O2. The Morgan fingerprint density at radius 2 is 2.20 bits per heavy atom. The van der Waals surface area contributed by atoms with Crippen LogP contribution in [0.5, 0.6) is 0 Å². The summed E-state index contributed by atoms with van der Waals surface area (Å²) < 4.78 is 19.2. The molecule has 0 unspecified atom stereocenters.